The summed E-state index contributed by atoms with van der Waals surface area (Å²) in [7, 11) is -13.6. The van der Waals surface area contributed by atoms with Crippen LogP contribution in [0.25, 0.3) is 10.9 Å². The lowest BCUT2D eigenvalue weighted by molar-refractivity contribution is -0.116. The third-order valence-electron chi connectivity index (χ3n) is 4.93. The van der Waals surface area contributed by atoms with E-state index in [2.05, 4.69) is 0 Å². The molecule has 3 aromatic rings. The van der Waals surface area contributed by atoms with Crippen molar-refractivity contribution in [3.63, 3.8) is 0 Å². The van der Waals surface area contributed by atoms with E-state index in [4.69, 9.17) is 5.11 Å². The Labute approximate surface area is 206 Å². The lowest BCUT2D eigenvalue weighted by Gasteiger charge is -2.16. The Morgan fingerprint density at radius 3 is 2.00 bits per heavy atom. The van der Waals surface area contributed by atoms with Gasteiger partial charge < -0.3 is 5.11 Å². The van der Waals surface area contributed by atoms with Gasteiger partial charge in [-0.1, -0.05) is 0 Å². The zero-order valence-corrected chi connectivity index (χ0v) is 20.9. The maximum atomic E-state index is 13.7. The number of phenolic OH excluding ortho intramolecular Hbond substituents is 1. The Morgan fingerprint density at radius 1 is 0.892 bits per heavy atom. The minimum atomic E-state index is -6.02. The number of sulfone groups is 1. The van der Waals surface area contributed by atoms with Gasteiger partial charge in [-0.3, -0.25) is 4.79 Å². The smallest absolute Gasteiger partial charge is 0.502 e. The summed E-state index contributed by atoms with van der Waals surface area (Å²) in [5.41, 5.74) is -6.32. The highest BCUT2D eigenvalue weighted by atomic mass is 32.2. The molecule has 2 aromatic carbocycles. The fourth-order valence-corrected chi connectivity index (χ4v) is 5.98. The molecule has 37 heavy (non-hydrogen) atoms. The third-order valence-corrected chi connectivity index (χ3v) is 8.52. The number of anilines is 1. The van der Waals surface area contributed by atoms with E-state index in [1.165, 1.54) is 12.3 Å². The summed E-state index contributed by atoms with van der Waals surface area (Å²) < 4.78 is 133. The van der Waals surface area contributed by atoms with E-state index in [0.29, 0.717) is 17.7 Å². The van der Waals surface area contributed by atoms with Gasteiger partial charge >= 0.3 is 5.51 Å². The molecule has 1 aliphatic heterocycles. The Morgan fingerprint density at radius 2 is 1.49 bits per heavy atom. The summed E-state index contributed by atoms with van der Waals surface area (Å²) in [6.45, 7) is 0. The van der Waals surface area contributed by atoms with Gasteiger partial charge in [-0.25, -0.2) is 42.3 Å². The molecule has 0 atom stereocenters. The zero-order valence-electron chi connectivity index (χ0n) is 18.5. The summed E-state index contributed by atoms with van der Waals surface area (Å²) in [5.74, 6) is -4.06. The molecule has 1 aliphatic rings. The molecule has 10 nitrogen and oxygen atoms in total. The number of hydrogen-bond donors (Lipinski definition) is 1. The average molecular weight is 591 g/mol. The van der Waals surface area contributed by atoms with Gasteiger partial charge in [0, 0.05) is 17.6 Å². The quantitative estimate of drug-likeness (QED) is 0.457. The number of alkyl halides is 3. The number of aromatic hydroxyl groups is 1. The number of halogens is 5. The van der Waals surface area contributed by atoms with Crippen molar-refractivity contribution >= 4 is 52.4 Å². The van der Waals surface area contributed by atoms with Crippen LogP contribution in [0.4, 0.5) is 27.6 Å². The van der Waals surface area contributed by atoms with E-state index in [9.17, 15) is 52.0 Å². The van der Waals surface area contributed by atoms with Gasteiger partial charge in [-0.15, -0.1) is 0 Å². The minimum Gasteiger partial charge on any atom is -0.505 e. The predicted octanol–water partition coefficient (Wildman–Crippen LogP) is 2.26. The van der Waals surface area contributed by atoms with Crippen LogP contribution in [0.15, 0.2) is 41.4 Å². The van der Waals surface area contributed by atoms with Crippen molar-refractivity contribution in [3.8, 4) is 5.75 Å². The zero-order chi connectivity index (χ0) is 28.3. The first kappa shape index (κ1) is 28.3. The standard InChI is InChI=1S/C10H7F4NO5S2.C9H8FNO3S/c1-21(17,18)15-7-4-8(22(19,20)10(12,13)14)6(11)2-5(7)3-9(15)16;1-15(13,14)11-3-2-6-4-7(10)9(12)5-8(6)11/h2,4H,3H2,1H3;2-5,12H,1H3. The summed E-state index contributed by atoms with van der Waals surface area (Å²) in [6, 6.07) is 4.27. The number of phenols is 1. The predicted molar refractivity (Wildman–Crippen MR) is 119 cm³/mol. The van der Waals surface area contributed by atoms with E-state index in [-0.39, 0.29) is 21.5 Å². The number of hydrogen-bond acceptors (Lipinski definition) is 8. The van der Waals surface area contributed by atoms with Gasteiger partial charge in [0.05, 0.1) is 30.1 Å². The van der Waals surface area contributed by atoms with Crippen LogP contribution >= 0.6 is 0 Å². The number of benzene rings is 2. The summed E-state index contributed by atoms with van der Waals surface area (Å²) in [6.07, 6.45) is 2.40. The molecule has 0 fully saturated rings. The van der Waals surface area contributed by atoms with Crippen LogP contribution in [-0.4, -0.2) is 58.3 Å². The van der Waals surface area contributed by atoms with Crippen molar-refractivity contribution in [1.29, 1.82) is 0 Å². The van der Waals surface area contributed by atoms with Gasteiger partial charge in [0.15, 0.2) is 11.6 Å². The SMILES string of the molecule is CS(=O)(=O)N1C(=O)Cc2cc(F)c(S(=O)(=O)C(F)(F)F)cc21.CS(=O)(=O)n1ccc2cc(F)c(O)cc21. The second-order valence-electron chi connectivity index (χ2n) is 7.70. The van der Waals surface area contributed by atoms with Gasteiger partial charge in [0.1, 0.15) is 10.7 Å². The van der Waals surface area contributed by atoms with Gasteiger partial charge in [0.2, 0.25) is 26.0 Å². The fraction of sp³-hybridized carbons (Fsp3) is 0.211. The molecule has 0 saturated carbocycles. The van der Waals surface area contributed by atoms with Crippen molar-refractivity contribution < 1.29 is 57.1 Å². The van der Waals surface area contributed by atoms with Gasteiger partial charge in [0.25, 0.3) is 9.84 Å². The molecule has 0 radical (unpaired) electrons. The largest absolute Gasteiger partial charge is 0.505 e. The van der Waals surface area contributed by atoms with Gasteiger partial charge in [-0.2, -0.15) is 13.2 Å². The van der Waals surface area contributed by atoms with E-state index >= 15 is 0 Å². The Bertz CT molecular complexity index is 1760. The van der Waals surface area contributed by atoms with Crippen molar-refractivity contribution in [3.05, 3.63) is 53.7 Å². The number of nitrogens with zero attached hydrogens (tertiary/aromatic N) is 2. The highest BCUT2D eigenvalue weighted by Gasteiger charge is 2.49. The maximum Gasteiger partial charge on any atom is 0.502 e. The van der Waals surface area contributed by atoms with Crippen LogP contribution in [-0.2, 0) is 41.1 Å². The Kier molecular flexibility index (Phi) is 6.85. The lowest BCUT2D eigenvalue weighted by atomic mass is 10.1. The molecule has 1 aromatic heterocycles. The van der Waals surface area contributed by atoms with E-state index in [0.717, 1.165) is 22.4 Å². The molecule has 0 aliphatic carbocycles. The van der Waals surface area contributed by atoms with E-state index < -0.39 is 75.7 Å². The number of carbonyl (C=O) groups is 1. The first-order chi connectivity index (χ1) is 16.7. The second-order valence-corrected chi connectivity index (χ2v) is 13.3. The number of aromatic nitrogens is 1. The lowest BCUT2D eigenvalue weighted by Crippen LogP contribution is -2.33. The topological polar surface area (TPSA) is 148 Å². The fourth-order valence-electron chi connectivity index (χ4n) is 3.39. The number of sulfonamides is 1. The molecular weight excluding hydrogens is 575 g/mol. The molecule has 18 heteroatoms. The van der Waals surface area contributed by atoms with Crippen molar-refractivity contribution in [2.45, 2.75) is 16.8 Å². The number of fused-ring (bicyclic) bond motifs is 2. The van der Waals surface area contributed by atoms with E-state index in [1.807, 2.05) is 0 Å². The molecule has 0 bridgehead atoms. The van der Waals surface area contributed by atoms with Crippen molar-refractivity contribution in [2.75, 3.05) is 16.8 Å². The number of carbonyl (C=O) groups excluding carboxylic acids is 1. The van der Waals surface area contributed by atoms with Crippen LogP contribution in [0.3, 0.4) is 0 Å². The molecular formula is C19H15F5N2O8S3. The van der Waals surface area contributed by atoms with Crippen LogP contribution in [0.5, 0.6) is 5.75 Å². The molecule has 2 heterocycles. The highest BCUT2D eigenvalue weighted by Crippen LogP contribution is 2.38. The van der Waals surface area contributed by atoms with Gasteiger partial charge in [-0.05, 0) is 29.8 Å². The first-order valence-corrected chi connectivity index (χ1v) is 14.7. The summed E-state index contributed by atoms with van der Waals surface area (Å²) in [4.78, 5) is 9.87. The summed E-state index contributed by atoms with van der Waals surface area (Å²) in [5, 5.41) is 9.57. The average Bonchev–Trinajstić information content (AvgIpc) is 3.26. The van der Waals surface area contributed by atoms with Crippen LogP contribution in [0, 0.1) is 11.6 Å². The highest BCUT2D eigenvalue weighted by molar-refractivity contribution is 7.93. The minimum absolute atomic E-state index is 0.150. The molecule has 0 spiro atoms. The summed E-state index contributed by atoms with van der Waals surface area (Å²) >= 11 is 0. The molecule has 0 unspecified atom stereocenters. The van der Waals surface area contributed by atoms with Crippen LogP contribution in [0.2, 0.25) is 0 Å². The molecule has 202 valence electrons. The normalized spacial score (nSPS) is 14.5. The van der Waals surface area contributed by atoms with Crippen molar-refractivity contribution in [2.24, 2.45) is 0 Å². The molecule has 1 amide bonds. The Balaban J connectivity index is 0.000000220. The monoisotopic (exact) mass is 590 g/mol. The van der Waals surface area contributed by atoms with Crippen LogP contribution < -0.4 is 4.31 Å². The van der Waals surface area contributed by atoms with E-state index in [1.54, 1.807) is 0 Å². The first-order valence-electron chi connectivity index (χ1n) is 9.53. The number of rotatable bonds is 3. The molecule has 0 saturated heterocycles. The second kappa shape index (κ2) is 8.95. The number of amides is 1. The van der Waals surface area contributed by atoms with Crippen LogP contribution in [0.1, 0.15) is 5.56 Å². The van der Waals surface area contributed by atoms with Crippen molar-refractivity contribution in [1.82, 2.24) is 3.97 Å². The molecule has 4 rings (SSSR count). The maximum absolute atomic E-state index is 13.7. The molecule has 1 N–H and O–H groups in total. The Hall–Kier alpha value is -3.25. The third kappa shape index (κ3) is 5.26.